The highest BCUT2D eigenvalue weighted by atomic mass is 16.6. The molecule has 0 saturated heterocycles. The van der Waals surface area contributed by atoms with Crippen LogP contribution in [-0.2, 0) is 20.8 Å². The summed E-state index contributed by atoms with van der Waals surface area (Å²) in [4.78, 5) is 34.2. The van der Waals surface area contributed by atoms with E-state index in [1.165, 1.54) is 6.92 Å². The van der Waals surface area contributed by atoms with Crippen LogP contribution in [0.1, 0.15) is 26.3 Å². The molecule has 0 radical (unpaired) electrons. The summed E-state index contributed by atoms with van der Waals surface area (Å²) in [5.74, 6) is -0.0304. The van der Waals surface area contributed by atoms with E-state index in [2.05, 4.69) is 5.43 Å². The highest BCUT2D eigenvalue weighted by Crippen LogP contribution is 2.14. The minimum atomic E-state index is -0.753. The Morgan fingerprint density at radius 2 is 1.65 bits per heavy atom. The van der Waals surface area contributed by atoms with Gasteiger partial charge in [0.25, 0.3) is 0 Å². The predicted octanol–water partition coefficient (Wildman–Crippen LogP) is 2.23. The summed E-state index contributed by atoms with van der Waals surface area (Å²) in [6.45, 7) is 5.04. The lowest BCUT2D eigenvalue weighted by Gasteiger charge is -2.22. The molecule has 0 aliphatic heterocycles. The number of rotatable bonds is 5. The number of benzene rings is 1. The fraction of sp³-hybridized carbons (Fsp3) is 0.400. The third kappa shape index (κ3) is 6.68. The third-order valence-corrected chi connectivity index (χ3v) is 2.52. The number of carbonyl (C=O) groups excluding carboxylic acids is 3. The zero-order valence-electron chi connectivity index (χ0n) is 13.3. The molecule has 0 saturated carbocycles. The Hall–Kier alpha value is -2.77. The first kappa shape index (κ1) is 18.3. The number of hydrogen-bond donors (Lipinski definition) is 1. The largest absolute Gasteiger partial charge is 0.449 e. The van der Waals surface area contributed by atoms with E-state index in [-0.39, 0.29) is 19.8 Å². The van der Waals surface area contributed by atoms with Crippen LogP contribution in [0.4, 0.5) is 9.59 Å². The Kier molecular flexibility index (Phi) is 7.38. The zero-order chi connectivity index (χ0) is 17.2. The summed E-state index contributed by atoms with van der Waals surface area (Å²) in [5.41, 5.74) is 3.01. The van der Waals surface area contributed by atoms with Gasteiger partial charge in [-0.15, -0.1) is 0 Å². The lowest BCUT2D eigenvalue weighted by Crippen LogP contribution is -2.46. The Morgan fingerprint density at radius 1 is 1.04 bits per heavy atom. The van der Waals surface area contributed by atoms with E-state index in [0.717, 1.165) is 5.01 Å². The number of amides is 2. The summed E-state index contributed by atoms with van der Waals surface area (Å²) < 4.78 is 14.5. The molecule has 0 heterocycles. The molecular formula is C15H20N2O6. The van der Waals surface area contributed by atoms with Gasteiger partial charge in [0.05, 0.1) is 19.8 Å². The number of ether oxygens (including phenoxy) is 3. The van der Waals surface area contributed by atoms with Crippen molar-refractivity contribution in [3.8, 4) is 5.75 Å². The zero-order valence-corrected chi connectivity index (χ0v) is 13.3. The van der Waals surface area contributed by atoms with Crippen molar-refractivity contribution in [3.05, 3.63) is 29.8 Å². The molecule has 0 fully saturated rings. The topological polar surface area (TPSA) is 94.2 Å². The summed E-state index contributed by atoms with van der Waals surface area (Å²) in [6, 6.07) is 6.50. The minimum Gasteiger partial charge on any atom is -0.449 e. The second-order valence-corrected chi connectivity index (χ2v) is 4.35. The van der Waals surface area contributed by atoms with Crippen molar-refractivity contribution in [2.75, 3.05) is 13.2 Å². The van der Waals surface area contributed by atoms with Crippen molar-refractivity contribution in [1.29, 1.82) is 0 Å². The summed E-state index contributed by atoms with van der Waals surface area (Å²) in [7, 11) is 0. The van der Waals surface area contributed by atoms with E-state index in [0.29, 0.717) is 11.3 Å². The fourth-order valence-electron chi connectivity index (χ4n) is 1.64. The van der Waals surface area contributed by atoms with Crippen molar-refractivity contribution in [2.45, 2.75) is 27.3 Å². The maximum absolute atomic E-state index is 11.9. The molecule has 1 aromatic carbocycles. The first-order valence-corrected chi connectivity index (χ1v) is 7.11. The Bertz CT molecular complexity index is 543. The first-order valence-electron chi connectivity index (χ1n) is 7.11. The van der Waals surface area contributed by atoms with Crippen molar-refractivity contribution >= 4 is 18.2 Å². The van der Waals surface area contributed by atoms with E-state index in [9.17, 15) is 14.4 Å². The lowest BCUT2D eigenvalue weighted by atomic mass is 10.2. The van der Waals surface area contributed by atoms with Crippen molar-refractivity contribution < 1.29 is 28.6 Å². The van der Waals surface area contributed by atoms with E-state index in [1.807, 2.05) is 0 Å². The average molecular weight is 324 g/mol. The van der Waals surface area contributed by atoms with Gasteiger partial charge in [0.15, 0.2) is 0 Å². The molecule has 0 bridgehead atoms. The monoisotopic (exact) mass is 324 g/mol. The molecule has 0 aliphatic rings. The van der Waals surface area contributed by atoms with Gasteiger partial charge in [-0.05, 0) is 31.5 Å². The second-order valence-electron chi connectivity index (χ2n) is 4.35. The van der Waals surface area contributed by atoms with Crippen LogP contribution in [0.3, 0.4) is 0 Å². The average Bonchev–Trinajstić information content (AvgIpc) is 2.48. The van der Waals surface area contributed by atoms with Crippen molar-refractivity contribution in [3.63, 3.8) is 0 Å². The third-order valence-electron chi connectivity index (χ3n) is 2.52. The van der Waals surface area contributed by atoms with Gasteiger partial charge < -0.3 is 14.2 Å². The molecule has 8 nitrogen and oxygen atoms in total. The van der Waals surface area contributed by atoms with Gasteiger partial charge in [0.1, 0.15) is 5.75 Å². The van der Waals surface area contributed by atoms with Gasteiger partial charge in [-0.2, -0.15) is 0 Å². The second kappa shape index (κ2) is 9.29. The van der Waals surface area contributed by atoms with Crippen LogP contribution >= 0.6 is 0 Å². The van der Waals surface area contributed by atoms with Crippen LogP contribution in [0, 0.1) is 0 Å². The predicted molar refractivity (Wildman–Crippen MR) is 80.5 cm³/mol. The van der Waals surface area contributed by atoms with Crippen molar-refractivity contribution in [2.24, 2.45) is 0 Å². The molecule has 126 valence electrons. The van der Waals surface area contributed by atoms with Gasteiger partial charge in [0, 0.05) is 6.92 Å². The number of hydrazine groups is 1. The van der Waals surface area contributed by atoms with Gasteiger partial charge in [-0.1, -0.05) is 12.1 Å². The van der Waals surface area contributed by atoms with E-state index in [1.54, 1.807) is 38.1 Å². The molecule has 0 atom stereocenters. The smallest absolute Gasteiger partial charge is 0.429 e. The molecular weight excluding hydrogens is 304 g/mol. The fourth-order valence-corrected chi connectivity index (χ4v) is 1.64. The van der Waals surface area contributed by atoms with Crippen LogP contribution in [0.5, 0.6) is 5.75 Å². The number of hydrogen-bond acceptors (Lipinski definition) is 6. The molecule has 1 N–H and O–H groups in total. The summed E-state index contributed by atoms with van der Waals surface area (Å²) >= 11 is 0. The summed E-state index contributed by atoms with van der Waals surface area (Å²) in [6.07, 6.45) is -1.46. The van der Waals surface area contributed by atoms with Crippen LogP contribution in [-0.4, -0.2) is 36.4 Å². The Labute approximate surface area is 134 Å². The molecule has 23 heavy (non-hydrogen) atoms. The Morgan fingerprint density at radius 3 is 2.17 bits per heavy atom. The van der Waals surface area contributed by atoms with Crippen molar-refractivity contribution in [1.82, 2.24) is 10.4 Å². The first-order chi connectivity index (χ1) is 11.0. The van der Waals surface area contributed by atoms with Gasteiger partial charge in [-0.25, -0.2) is 20.0 Å². The quantitative estimate of drug-likeness (QED) is 0.507. The molecule has 1 aromatic rings. The number of esters is 1. The van der Waals surface area contributed by atoms with E-state index < -0.39 is 18.2 Å². The van der Waals surface area contributed by atoms with E-state index in [4.69, 9.17) is 14.2 Å². The molecule has 0 unspecified atom stereocenters. The highest BCUT2D eigenvalue weighted by molar-refractivity contribution is 5.74. The molecule has 0 aliphatic carbocycles. The Balaban J connectivity index is 2.76. The minimum absolute atomic E-state index is 0.0675. The molecule has 2 amide bonds. The number of carbonyl (C=O) groups is 3. The van der Waals surface area contributed by atoms with Crippen LogP contribution in [0.2, 0.25) is 0 Å². The van der Waals surface area contributed by atoms with Gasteiger partial charge in [0.2, 0.25) is 0 Å². The molecule has 8 heteroatoms. The van der Waals surface area contributed by atoms with Gasteiger partial charge in [-0.3, -0.25) is 4.79 Å². The maximum atomic E-state index is 11.9. The maximum Gasteiger partial charge on any atom is 0.429 e. The number of nitrogens with zero attached hydrogens (tertiary/aromatic N) is 1. The SMILES string of the molecule is CCOC(=O)NN(Cc1ccc(OC(C)=O)cc1)C(=O)OCC. The normalized spacial score (nSPS) is 9.70. The lowest BCUT2D eigenvalue weighted by molar-refractivity contribution is -0.131. The standard InChI is InChI=1S/C15H20N2O6/c1-4-21-14(19)16-17(15(20)22-5-2)10-12-6-8-13(9-7-12)23-11(3)18/h6-9H,4-5,10H2,1-3H3,(H,16,19). The van der Waals surface area contributed by atoms with Crippen LogP contribution < -0.4 is 10.2 Å². The molecule has 0 aromatic heterocycles. The van der Waals surface area contributed by atoms with Gasteiger partial charge >= 0.3 is 18.2 Å². The van der Waals surface area contributed by atoms with Crippen LogP contribution in [0.25, 0.3) is 0 Å². The highest BCUT2D eigenvalue weighted by Gasteiger charge is 2.18. The molecule has 0 spiro atoms. The molecule has 1 rings (SSSR count). The summed E-state index contributed by atoms with van der Waals surface area (Å²) in [5, 5.41) is 1.00. The van der Waals surface area contributed by atoms with E-state index >= 15 is 0 Å². The number of nitrogens with one attached hydrogen (secondary N) is 1. The van der Waals surface area contributed by atoms with Crippen LogP contribution in [0.15, 0.2) is 24.3 Å².